The van der Waals surface area contributed by atoms with E-state index in [9.17, 15) is 23.1 Å². The zero-order valence-corrected chi connectivity index (χ0v) is 23.1. The van der Waals surface area contributed by atoms with Crippen molar-refractivity contribution in [3.8, 4) is 5.75 Å². The smallest absolute Gasteiger partial charge is 0.256 e. The normalized spacial score (nSPS) is 12.1. The Balaban J connectivity index is 1.81. The monoisotopic (exact) mass is 646 g/mol. The van der Waals surface area contributed by atoms with Gasteiger partial charge in [-0.15, -0.1) is 0 Å². The van der Waals surface area contributed by atoms with Gasteiger partial charge in [0.1, 0.15) is 11.0 Å². The predicted molar refractivity (Wildman–Crippen MR) is 146 cm³/mol. The van der Waals surface area contributed by atoms with Crippen molar-refractivity contribution in [2.45, 2.75) is 30.4 Å². The average molecular weight is 647 g/mol. The molecule has 3 aromatic carbocycles. The predicted octanol–water partition coefficient (Wildman–Crippen LogP) is 6.06. The Bertz CT molecular complexity index is 1400. The van der Waals surface area contributed by atoms with E-state index in [0.717, 1.165) is 11.6 Å². The highest BCUT2D eigenvalue weighted by atomic mass is 127. The minimum atomic E-state index is -3.96. The fourth-order valence-electron chi connectivity index (χ4n) is 3.27. The van der Waals surface area contributed by atoms with E-state index in [1.807, 2.05) is 29.5 Å². The number of carbonyl (C=O) groups is 2. The summed E-state index contributed by atoms with van der Waals surface area (Å²) in [5.74, 6) is -1.65. The maximum Gasteiger partial charge on any atom is 0.256 e. The molecule has 0 aliphatic heterocycles. The molecule has 1 atom stereocenters. The van der Waals surface area contributed by atoms with Crippen molar-refractivity contribution in [3.05, 3.63) is 79.3 Å². The summed E-state index contributed by atoms with van der Waals surface area (Å²) in [7, 11) is -3.96. The lowest BCUT2D eigenvalue weighted by Crippen LogP contribution is -2.34. The molecule has 3 N–H and O–H groups in total. The summed E-state index contributed by atoms with van der Waals surface area (Å²) in [6.07, 6.45) is 0.0273. The summed E-state index contributed by atoms with van der Waals surface area (Å²) in [4.78, 5) is 25.5. The number of anilines is 2. The van der Waals surface area contributed by atoms with Crippen LogP contribution in [0.15, 0.2) is 59.5 Å². The van der Waals surface area contributed by atoms with Crippen molar-refractivity contribution >= 4 is 78.8 Å². The highest BCUT2D eigenvalue weighted by Gasteiger charge is 2.33. The Morgan fingerprint density at radius 3 is 2.26 bits per heavy atom. The Morgan fingerprint density at radius 1 is 1.00 bits per heavy atom. The molecule has 184 valence electrons. The molecule has 0 radical (unpaired) electrons. The molecule has 0 saturated carbocycles. The molecule has 0 heterocycles. The third-order valence-corrected chi connectivity index (χ3v) is 8.82. The molecule has 0 saturated heterocycles. The molecule has 35 heavy (non-hydrogen) atoms. The van der Waals surface area contributed by atoms with Crippen LogP contribution < -0.4 is 10.6 Å². The molecule has 0 aromatic heterocycles. The highest BCUT2D eigenvalue weighted by Crippen LogP contribution is 2.35. The van der Waals surface area contributed by atoms with Crippen LogP contribution in [0.5, 0.6) is 5.75 Å². The van der Waals surface area contributed by atoms with Crippen LogP contribution in [0.3, 0.4) is 0 Å². The van der Waals surface area contributed by atoms with Gasteiger partial charge in [0.25, 0.3) is 5.91 Å². The number of phenols is 1. The lowest BCUT2D eigenvalue weighted by molar-refractivity contribution is -0.115. The lowest BCUT2D eigenvalue weighted by atomic mass is 10.2. The maximum atomic E-state index is 13.0. The number of aryl methyl sites for hydroxylation is 1. The molecule has 7 nitrogen and oxygen atoms in total. The second kappa shape index (κ2) is 11.2. The number of hydrogen-bond donors (Lipinski definition) is 3. The number of hydrogen-bond acceptors (Lipinski definition) is 5. The number of benzene rings is 3. The van der Waals surface area contributed by atoms with Gasteiger partial charge in [0.2, 0.25) is 5.91 Å². The van der Waals surface area contributed by atoms with Crippen molar-refractivity contribution < 1.29 is 23.1 Å². The molecule has 0 aliphatic carbocycles. The Morgan fingerprint density at radius 2 is 1.66 bits per heavy atom. The molecular weight excluding hydrogens is 626 g/mol. The van der Waals surface area contributed by atoms with E-state index in [-0.39, 0.29) is 33.5 Å². The zero-order chi connectivity index (χ0) is 25.9. The van der Waals surface area contributed by atoms with E-state index in [2.05, 4.69) is 10.6 Å². The van der Waals surface area contributed by atoms with Gasteiger partial charge >= 0.3 is 0 Å². The molecule has 0 fully saturated rings. The van der Waals surface area contributed by atoms with Gasteiger partial charge in [0.05, 0.1) is 26.9 Å². The summed E-state index contributed by atoms with van der Waals surface area (Å²) in [5.41, 5.74) is 1.26. The molecule has 3 aromatic rings. The summed E-state index contributed by atoms with van der Waals surface area (Å²) in [6.45, 7) is 3.42. The van der Waals surface area contributed by atoms with E-state index < -0.39 is 26.9 Å². The largest absolute Gasteiger partial charge is 0.506 e. The van der Waals surface area contributed by atoms with Gasteiger partial charge in [0, 0.05) is 14.7 Å². The molecule has 0 bridgehead atoms. The lowest BCUT2D eigenvalue weighted by Gasteiger charge is -2.18. The third-order valence-electron chi connectivity index (χ3n) is 5.15. The number of phenolic OH excluding ortho intramolecular Hbond substituents is 1. The van der Waals surface area contributed by atoms with Gasteiger partial charge in [-0.3, -0.25) is 9.59 Å². The summed E-state index contributed by atoms with van der Waals surface area (Å²) < 4.78 is 26.6. The van der Waals surface area contributed by atoms with Crippen LogP contribution in [0.25, 0.3) is 0 Å². The van der Waals surface area contributed by atoms with E-state index in [1.165, 1.54) is 18.2 Å². The van der Waals surface area contributed by atoms with Crippen LogP contribution >= 0.6 is 45.8 Å². The fraction of sp³-hybridized carbons (Fsp3) is 0.167. The quantitative estimate of drug-likeness (QED) is 0.214. The van der Waals surface area contributed by atoms with Crippen LogP contribution in [-0.2, 0) is 14.6 Å². The second-order valence-electron chi connectivity index (χ2n) is 7.67. The molecule has 0 aliphatic rings. The first kappa shape index (κ1) is 27.3. The van der Waals surface area contributed by atoms with Crippen molar-refractivity contribution in [2.75, 3.05) is 10.6 Å². The minimum absolute atomic E-state index is 0.000148. The van der Waals surface area contributed by atoms with Crippen LogP contribution in [0, 0.1) is 10.5 Å². The van der Waals surface area contributed by atoms with Gasteiger partial charge in [-0.2, -0.15) is 0 Å². The highest BCUT2D eigenvalue weighted by molar-refractivity contribution is 14.1. The Labute approximate surface area is 226 Å². The number of halogens is 3. The SMILES string of the molecule is CCC(C(=O)Nc1cc(O)c(NC(=O)c2ccc(Cl)cc2I)cc1Cl)S(=O)(=O)c1ccc(C)cc1. The van der Waals surface area contributed by atoms with E-state index in [4.69, 9.17) is 23.2 Å². The number of aromatic hydroxyl groups is 1. The van der Waals surface area contributed by atoms with E-state index in [0.29, 0.717) is 14.2 Å². The number of amides is 2. The van der Waals surface area contributed by atoms with E-state index >= 15 is 0 Å². The van der Waals surface area contributed by atoms with Crippen molar-refractivity contribution in [1.82, 2.24) is 0 Å². The summed E-state index contributed by atoms with van der Waals surface area (Å²) >= 11 is 14.2. The number of nitrogens with one attached hydrogen (secondary N) is 2. The Hall–Kier alpha value is -2.34. The van der Waals surface area contributed by atoms with Crippen LogP contribution in [-0.4, -0.2) is 30.6 Å². The molecule has 11 heteroatoms. The summed E-state index contributed by atoms with van der Waals surface area (Å²) in [6, 6.07) is 13.4. The van der Waals surface area contributed by atoms with Crippen molar-refractivity contribution in [3.63, 3.8) is 0 Å². The number of carbonyl (C=O) groups excluding carboxylic acids is 2. The topological polar surface area (TPSA) is 113 Å². The minimum Gasteiger partial charge on any atom is -0.506 e. The van der Waals surface area contributed by atoms with Crippen LogP contribution in [0.4, 0.5) is 11.4 Å². The van der Waals surface area contributed by atoms with Gasteiger partial charge < -0.3 is 15.7 Å². The number of sulfone groups is 1. The maximum absolute atomic E-state index is 13.0. The van der Waals surface area contributed by atoms with Gasteiger partial charge in [-0.1, -0.05) is 47.8 Å². The zero-order valence-electron chi connectivity index (χ0n) is 18.6. The molecule has 0 spiro atoms. The first-order chi connectivity index (χ1) is 16.4. The van der Waals surface area contributed by atoms with E-state index in [1.54, 1.807) is 37.3 Å². The molecular formula is C24H21Cl2IN2O5S. The van der Waals surface area contributed by atoms with Crippen molar-refractivity contribution in [2.24, 2.45) is 0 Å². The number of rotatable bonds is 7. The average Bonchev–Trinajstić information content (AvgIpc) is 2.77. The molecule has 1 unspecified atom stereocenters. The summed E-state index contributed by atoms with van der Waals surface area (Å²) in [5, 5.41) is 14.6. The van der Waals surface area contributed by atoms with Gasteiger partial charge in [-0.05, 0) is 72.3 Å². The van der Waals surface area contributed by atoms with Crippen LogP contribution in [0.2, 0.25) is 10.0 Å². The first-order valence-electron chi connectivity index (χ1n) is 10.3. The van der Waals surface area contributed by atoms with Gasteiger partial charge in [0.15, 0.2) is 9.84 Å². The second-order valence-corrected chi connectivity index (χ2v) is 11.8. The fourth-order valence-corrected chi connectivity index (χ4v) is 6.22. The van der Waals surface area contributed by atoms with Crippen LogP contribution in [0.1, 0.15) is 29.3 Å². The molecule has 3 rings (SSSR count). The molecule has 2 amide bonds. The third kappa shape index (κ3) is 6.27. The Kier molecular flexibility index (Phi) is 8.68. The van der Waals surface area contributed by atoms with Gasteiger partial charge in [-0.25, -0.2) is 8.42 Å². The van der Waals surface area contributed by atoms with Crippen molar-refractivity contribution in [1.29, 1.82) is 0 Å². The first-order valence-corrected chi connectivity index (χ1v) is 13.7. The standard InChI is InChI=1S/C24H21Cl2IN2O5S/c1-3-22(35(33,34)15-7-4-13(2)5-8-15)24(32)28-19-12-21(30)20(11-17(19)26)29-23(31)16-9-6-14(25)10-18(16)27/h4-12,22,30H,3H2,1-2H3,(H,28,32)(H,29,31).